The molecule has 2 amide bonds. The number of sulfonamides is 1. The lowest BCUT2D eigenvalue weighted by atomic mass is 10.2. The Morgan fingerprint density at radius 1 is 1.22 bits per heavy atom. The van der Waals surface area contributed by atoms with Crippen molar-refractivity contribution in [2.24, 2.45) is 5.14 Å². The highest BCUT2D eigenvalue weighted by Gasteiger charge is 2.10. The predicted molar refractivity (Wildman–Crippen MR) is 87.8 cm³/mol. The maximum Gasteiger partial charge on any atom is 0.319 e. The number of primary sulfonamides is 1. The number of carbonyl (C=O) groups excluding carboxylic acids is 1. The van der Waals surface area contributed by atoms with E-state index >= 15 is 0 Å². The first-order valence-corrected chi connectivity index (χ1v) is 8.71. The second-order valence-electron chi connectivity index (χ2n) is 4.62. The molecule has 0 radical (unpaired) electrons. The van der Waals surface area contributed by atoms with Crippen molar-refractivity contribution < 1.29 is 17.6 Å². The van der Waals surface area contributed by atoms with Gasteiger partial charge in [0.05, 0.1) is 4.90 Å². The molecule has 4 N–H and O–H groups in total. The van der Waals surface area contributed by atoms with Crippen molar-refractivity contribution in [1.82, 2.24) is 5.32 Å². The van der Waals surface area contributed by atoms with E-state index in [1.165, 1.54) is 30.3 Å². The van der Waals surface area contributed by atoms with Crippen LogP contribution in [0, 0.1) is 5.82 Å². The van der Waals surface area contributed by atoms with E-state index in [2.05, 4.69) is 26.6 Å². The molecule has 0 aliphatic heterocycles. The largest absolute Gasteiger partial charge is 0.334 e. The van der Waals surface area contributed by atoms with Crippen molar-refractivity contribution >= 4 is 37.7 Å². The lowest BCUT2D eigenvalue weighted by molar-refractivity contribution is 0.251. The van der Waals surface area contributed by atoms with Gasteiger partial charge in [-0.15, -0.1) is 0 Å². The summed E-state index contributed by atoms with van der Waals surface area (Å²) in [7, 11) is -3.85. The molecule has 2 aromatic carbocycles. The highest BCUT2D eigenvalue weighted by atomic mass is 79.9. The molecular formula is C14H13BrFN3O3S. The van der Waals surface area contributed by atoms with Gasteiger partial charge in [-0.25, -0.2) is 22.7 Å². The average molecular weight is 402 g/mol. The zero-order valence-electron chi connectivity index (χ0n) is 11.7. The highest BCUT2D eigenvalue weighted by molar-refractivity contribution is 9.10. The van der Waals surface area contributed by atoms with Crippen molar-refractivity contribution in [3.05, 3.63) is 58.3 Å². The van der Waals surface area contributed by atoms with Gasteiger partial charge in [-0.2, -0.15) is 0 Å². The molecule has 6 nitrogen and oxygen atoms in total. The molecule has 2 aromatic rings. The Balaban J connectivity index is 2.01. The van der Waals surface area contributed by atoms with Crippen LogP contribution in [0.3, 0.4) is 0 Å². The fourth-order valence-electron chi connectivity index (χ4n) is 1.78. The lowest BCUT2D eigenvalue weighted by Gasteiger charge is -2.09. The first-order valence-electron chi connectivity index (χ1n) is 6.37. The summed E-state index contributed by atoms with van der Waals surface area (Å²) >= 11 is 3.22. The van der Waals surface area contributed by atoms with E-state index < -0.39 is 21.9 Å². The molecule has 0 unspecified atom stereocenters. The molecule has 0 heterocycles. The standard InChI is InChI=1S/C14H13BrFN3O3S/c15-10-4-5-13(16)9(6-10)8-18-14(20)19-11-2-1-3-12(7-11)23(17,21)22/h1-7H,8H2,(H2,17,21,22)(H2,18,19,20). The van der Waals surface area contributed by atoms with Gasteiger partial charge in [-0.1, -0.05) is 22.0 Å². The summed E-state index contributed by atoms with van der Waals surface area (Å²) in [4.78, 5) is 11.7. The van der Waals surface area contributed by atoms with Crippen LogP contribution in [0.15, 0.2) is 51.8 Å². The Bertz CT molecular complexity index is 843. The van der Waals surface area contributed by atoms with Crippen LogP contribution in [0.25, 0.3) is 0 Å². The average Bonchev–Trinajstić information content (AvgIpc) is 2.47. The molecule has 0 saturated carbocycles. The van der Waals surface area contributed by atoms with Gasteiger partial charge in [0.15, 0.2) is 0 Å². The van der Waals surface area contributed by atoms with E-state index in [0.717, 1.165) is 0 Å². The SMILES string of the molecule is NS(=O)(=O)c1cccc(NC(=O)NCc2cc(Br)ccc2F)c1. The maximum atomic E-state index is 13.6. The smallest absolute Gasteiger partial charge is 0.319 e. The van der Waals surface area contributed by atoms with E-state index in [9.17, 15) is 17.6 Å². The van der Waals surface area contributed by atoms with Crippen LogP contribution in [-0.2, 0) is 16.6 Å². The normalized spacial score (nSPS) is 11.1. The summed E-state index contributed by atoms with van der Waals surface area (Å²) in [6.07, 6.45) is 0. The first kappa shape index (κ1) is 17.4. The van der Waals surface area contributed by atoms with Gasteiger partial charge in [0.25, 0.3) is 0 Å². The van der Waals surface area contributed by atoms with Gasteiger partial charge < -0.3 is 10.6 Å². The first-order chi connectivity index (χ1) is 10.8. The summed E-state index contributed by atoms with van der Waals surface area (Å²) in [6.45, 7) is -0.0218. The summed E-state index contributed by atoms with van der Waals surface area (Å²) in [5, 5.41) is 9.96. The molecule has 0 aromatic heterocycles. The molecule has 0 bridgehead atoms. The van der Waals surface area contributed by atoms with Gasteiger partial charge in [0.1, 0.15) is 5.82 Å². The number of halogens is 2. The molecule has 23 heavy (non-hydrogen) atoms. The van der Waals surface area contributed by atoms with Crippen molar-refractivity contribution in [2.75, 3.05) is 5.32 Å². The molecule has 0 saturated heterocycles. The Morgan fingerprint density at radius 3 is 2.65 bits per heavy atom. The number of carbonyl (C=O) groups is 1. The van der Waals surface area contributed by atoms with E-state index in [4.69, 9.17) is 5.14 Å². The fourth-order valence-corrected chi connectivity index (χ4v) is 2.75. The predicted octanol–water partition coefficient (Wildman–Crippen LogP) is 2.56. The minimum absolute atomic E-state index is 0.0218. The van der Waals surface area contributed by atoms with Crippen LogP contribution in [0.4, 0.5) is 14.9 Å². The summed E-state index contributed by atoms with van der Waals surface area (Å²) < 4.78 is 36.8. The summed E-state index contributed by atoms with van der Waals surface area (Å²) in [5.41, 5.74) is 0.566. The third-order valence-corrected chi connectivity index (χ3v) is 4.27. The Kier molecular flexibility index (Phi) is 5.34. The third-order valence-electron chi connectivity index (χ3n) is 2.87. The van der Waals surface area contributed by atoms with Crippen LogP contribution in [-0.4, -0.2) is 14.4 Å². The number of amides is 2. The van der Waals surface area contributed by atoms with Crippen LogP contribution in [0.5, 0.6) is 0 Å². The zero-order chi connectivity index (χ0) is 17.0. The Hall–Kier alpha value is -1.97. The molecule has 122 valence electrons. The molecule has 0 fully saturated rings. The molecule has 0 spiro atoms. The van der Waals surface area contributed by atoms with Crippen LogP contribution in [0.2, 0.25) is 0 Å². The van der Waals surface area contributed by atoms with Gasteiger partial charge in [-0.05, 0) is 36.4 Å². The van der Waals surface area contributed by atoms with Crippen molar-refractivity contribution in [2.45, 2.75) is 11.4 Å². The van der Waals surface area contributed by atoms with Gasteiger partial charge in [0, 0.05) is 22.3 Å². The molecular weight excluding hydrogens is 389 g/mol. The number of nitrogens with two attached hydrogens (primary N) is 1. The molecule has 9 heteroatoms. The molecule has 0 aliphatic carbocycles. The number of benzene rings is 2. The van der Waals surface area contributed by atoms with Gasteiger partial charge in [0.2, 0.25) is 10.0 Å². The minimum Gasteiger partial charge on any atom is -0.334 e. The van der Waals surface area contributed by atoms with Gasteiger partial charge >= 0.3 is 6.03 Å². The highest BCUT2D eigenvalue weighted by Crippen LogP contribution is 2.16. The number of nitrogens with one attached hydrogen (secondary N) is 2. The molecule has 0 aliphatic rings. The zero-order valence-corrected chi connectivity index (χ0v) is 14.1. The Morgan fingerprint density at radius 2 is 1.96 bits per heavy atom. The van der Waals surface area contributed by atoms with Gasteiger partial charge in [-0.3, -0.25) is 0 Å². The third kappa shape index (κ3) is 5.02. The minimum atomic E-state index is -3.85. The van der Waals surface area contributed by atoms with Crippen LogP contribution >= 0.6 is 15.9 Å². The number of urea groups is 1. The monoisotopic (exact) mass is 401 g/mol. The lowest BCUT2D eigenvalue weighted by Crippen LogP contribution is -2.28. The molecule has 2 rings (SSSR count). The number of anilines is 1. The van der Waals surface area contributed by atoms with E-state index in [-0.39, 0.29) is 17.1 Å². The summed E-state index contributed by atoms with van der Waals surface area (Å²) in [6, 6.07) is 9.29. The van der Waals surface area contributed by atoms with Crippen molar-refractivity contribution in [1.29, 1.82) is 0 Å². The molecule has 0 atom stereocenters. The van der Waals surface area contributed by atoms with E-state index in [0.29, 0.717) is 10.0 Å². The number of hydrogen-bond donors (Lipinski definition) is 3. The van der Waals surface area contributed by atoms with Crippen LogP contribution < -0.4 is 15.8 Å². The number of hydrogen-bond acceptors (Lipinski definition) is 3. The number of rotatable bonds is 4. The second-order valence-corrected chi connectivity index (χ2v) is 7.09. The fraction of sp³-hybridized carbons (Fsp3) is 0.0714. The summed E-state index contributed by atoms with van der Waals surface area (Å²) in [5.74, 6) is -0.440. The second kappa shape index (κ2) is 7.07. The van der Waals surface area contributed by atoms with E-state index in [1.807, 2.05) is 0 Å². The maximum absolute atomic E-state index is 13.6. The Labute approximate surface area is 141 Å². The van der Waals surface area contributed by atoms with Crippen molar-refractivity contribution in [3.63, 3.8) is 0 Å². The topological polar surface area (TPSA) is 101 Å². The quantitative estimate of drug-likeness (QED) is 0.733. The van der Waals surface area contributed by atoms with Crippen LogP contribution in [0.1, 0.15) is 5.56 Å². The van der Waals surface area contributed by atoms with Crippen molar-refractivity contribution in [3.8, 4) is 0 Å². The van der Waals surface area contributed by atoms with E-state index in [1.54, 1.807) is 12.1 Å².